The molecular formula is C12H16Cl2FN. The zero-order chi connectivity index (χ0) is 10.8. The number of piperidine rings is 1. The summed E-state index contributed by atoms with van der Waals surface area (Å²) in [5, 5.41) is 3.86. The van der Waals surface area contributed by atoms with Crippen molar-refractivity contribution in [3.63, 3.8) is 0 Å². The summed E-state index contributed by atoms with van der Waals surface area (Å²) in [6, 6.07) is 3.60. The van der Waals surface area contributed by atoms with Crippen LogP contribution in [0.15, 0.2) is 12.1 Å². The van der Waals surface area contributed by atoms with Crippen LogP contribution in [-0.2, 0) is 0 Å². The molecule has 1 fully saturated rings. The molecular weight excluding hydrogens is 248 g/mol. The number of halogens is 3. The number of aryl methyl sites for hydroxylation is 1. The lowest BCUT2D eigenvalue weighted by Crippen LogP contribution is -2.28. The first-order valence-corrected chi connectivity index (χ1v) is 5.76. The molecule has 1 aromatic rings. The van der Waals surface area contributed by atoms with E-state index in [1.807, 2.05) is 0 Å². The lowest BCUT2D eigenvalue weighted by molar-refractivity contribution is 0.399. The summed E-state index contributed by atoms with van der Waals surface area (Å²) < 4.78 is 13.9. The molecule has 0 radical (unpaired) electrons. The quantitative estimate of drug-likeness (QED) is 0.807. The Morgan fingerprint density at radius 1 is 1.38 bits per heavy atom. The second-order valence-corrected chi connectivity index (χ2v) is 4.50. The predicted molar refractivity (Wildman–Crippen MR) is 68.0 cm³/mol. The van der Waals surface area contributed by atoms with Crippen LogP contribution in [0.3, 0.4) is 0 Å². The smallest absolute Gasteiger partial charge is 0.132 e. The van der Waals surface area contributed by atoms with E-state index in [0.29, 0.717) is 16.1 Å². The van der Waals surface area contributed by atoms with Crippen LogP contribution in [0.5, 0.6) is 0 Å². The lowest BCUT2D eigenvalue weighted by atomic mass is 9.95. The van der Waals surface area contributed by atoms with Crippen LogP contribution in [0.4, 0.5) is 4.39 Å². The first-order chi connectivity index (χ1) is 7.20. The minimum Gasteiger partial charge on any atom is -0.310 e. The van der Waals surface area contributed by atoms with Gasteiger partial charge in [0.15, 0.2) is 0 Å². The van der Waals surface area contributed by atoms with Gasteiger partial charge in [-0.05, 0) is 37.9 Å². The van der Waals surface area contributed by atoms with Gasteiger partial charge in [-0.3, -0.25) is 0 Å². The molecule has 0 unspecified atom stereocenters. The molecule has 1 N–H and O–H groups in total. The highest BCUT2D eigenvalue weighted by Crippen LogP contribution is 2.32. The summed E-state index contributed by atoms with van der Waals surface area (Å²) in [5.74, 6) is -0.151. The summed E-state index contributed by atoms with van der Waals surface area (Å²) in [6.45, 7) is 2.73. The highest BCUT2D eigenvalue weighted by Gasteiger charge is 2.21. The molecule has 1 nitrogen and oxygen atoms in total. The number of hydrogen-bond donors (Lipinski definition) is 1. The van der Waals surface area contributed by atoms with Crippen molar-refractivity contribution in [2.24, 2.45) is 0 Å². The Hall–Kier alpha value is -0.310. The van der Waals surface area contributed by atoms with Gasteiger partial charge in [0.25, 0.3) is 0 Å². The minimum atomic E-state index is -0.151. The Balaban J connectivity index is 0.00000128. The second kappa shape index (κ2) is 5.85. The van der Waals surface area contributed by atoms with Crippen LogP contribution in [0, 0.1) is 12.7 Å². The predicted octanol–water partition coefficient (Wildman–Crippen LogP) is 4.02. The van der Waals surface area contributed by atoms with Gasteiger partial charge >= 0.3 is 0 Å². The minimum absolute atomic E-state index is 0. The summed E-state index contributed by atoms with van der Waals surface area (Å²) in [5.41, 5.74) is 1.32. The topological polar surface area (TPSA) is 12.0 Å². The highest BCUT2D eigenvalue weighted by molar-refractivity contribution is 6.31. The molecule has 4 heteroatoms. The fourth-order valence-electron chi connectivity index (χ4n) is 2.10. The summed E-state index contributed by atoms with van der Waals surface area (Å²) in [4.78, 5) is 0. The van der Waals surface area contributed by atoms with E-state index in [1.165, 1.54) is 6.42 Å². The van der Waals surface area contributed by atoms with Crippen molar-refractivity contribution >= 4 is 24.0 Å². The molecule has 1 aliphatic rings. The Morgan fingerprint density at radius 3 is 2.75 bits per heavy atom. The van der Waals surface area contributed by atoms with E-state index in [4.69, 9.17) is 11.6 Å². The lowest BCUT2D eigenvalue weighted by Gasteiger charge is -2.25. The number of rotatable bonds is 1. The SMILES string of the molecule is Cc1ccc(Cl)c([C@H]2CCCCN2)c1F.Cl. The summed E-state index contributed by atoms with van der Waals surface area (Å²) in [6.07, 6.45) is 3.28. The van der Waals surface area contributed by atoms with E-state index in [1.54, 1.807) is 19.1 Å². The van der Waals surface area contributed by atoms with Crippen LogP contribution in [0.1, 0.15) is 36.4 Å². The highest BCUT2D eigenvalue weighted by atomic mass is 35.5. The van der Waals surface area contributed by atoms with Gasteiger partial charge in [-0.2, -0.15) is 0 Å². The summed E-state index contributed by atoms with van der Waals surface area (Å²) >= 11 is 6.05. The largest absolute Gasteiger partial charge is 0.310 e. The number of hydrogen-bond acceptors (Lipinski definition) is 1. The molecule has 1 saturated heterocycles. The molecule has 2 rings (SSSR count). The van der Waals surface area contributed by atoms with Crippen LogP contribution in [0.2, 0.25) is 5.02 Å². The fraction of sp³-hybridized carbons (Fsp3) is 0.500. The van der Waals surface area contributed by atoms with E-state index in [2.05, 4.69) is 5.32 Å². The average Bonchev–Trinajstić information content (AvgIpc) is 2.26. The standard InChI is InChI=1S/C12H15ClFN.ClH/c1-8-5-6-9(13)11(12(8)14)10-4-2-3-7-15-10;/h5-6,10,15H,2-4,7H2,1H3;1H/t10-;/m1./s1. The van der Waals surface area contributed by atoms with Gasteiger partial charge in [0.05, 0.1) is 0 Å². The van der Waals surface area contributed by atoms with Gasteiger partial charge in [-0.25, -0.2) is 4.39 Å². The Kier molecular flexibility index (Phi) is 5.03. The molecule has 0 aliphatic carbocycles. The fourth-order valence-corrected chi connectivity index (χ4v) is 2.37. The third kappa shape index (κ3) is 2.68. The molecule has 0 bridgehead atoms. The second-order valence-electron chi connectivity index (χ2n) is 4.09. The molecule has 16 heavy (non-hydrogen) atoms. The van der Waals surface area contributed by atoms with E-state index in [9.17, 15) is 4.39 Å². The van der Waals surface area contributed by atoms with Gasteiger partial charge < -0.3 is 5.32 Å². The zero-order valence-electron chi connectivity index (χ0n) is 9.22. The maximum atomic E-state index is 13.9. The van der Waals surface area contributed by atoms with E-state index >= 15 is 0 Å². The monoisotopic (exact) mass is 263 g/mol. The van der Waals surface area contributed by atoms with Crippen molar-refractivity contribution in [1.82, 2.24) is 5.32 Å². The van der Waals surface area contributed by atoms with Crippen LogP contribution in [0.25, 0.3) is 0 Å². The normalized spacial score (nSPS) is 20.3. The molecule has 0 saturated carbocycles. The van der Waals surface area contributed by atoms with E-state index < -0.39 is 0 Å². The maximum absolute atomic E-state index is 13.9. The van der Waals surface area contributed by atoms with Gasteiger partial charge in [0, 0.05) is 16.6 Å². The molecule has 0 spiro atoms. The molecule has 1 atom stereocenters. The summed E-state index contributed by atoms with van der Waals surface area (Å²) in [7, 11) is 0. The van der Waals surface area contributed by atoms with E-state index in [-0.39, 0.29) is 24.3 Å². The number of nitrogens with one attached hydrogen (secondary N) is 1. The van der Waals surface area contributed by atoms with Crippen molar-refractivity contribution in [3.8, 4) is 0 Å². The van der Waals surface area contributed by atoms with Crippen LogP contribution in [-0.4, -0.2) is 6.54 Å². The third-order valence-corrected chi connectivity index (χ3v) is 3.31. The van der Waals surface area contributed by atoms with Gasteiger partial charge in [-0.1, -0.05) is 24.1 Å². The third-order valence-electron chi connectivity index (χ3n) is 2.98. The first kappa shape index (κ1) is 13.8. The Labute approximate surface area is 107 Å². The average molecular weight is 264 g/mol. The molecule has 90 valence electrons. The molecule has 1 aliphatic heterocycles. The Morgan fingerprint density at radius 2 is 2.12 bits per heavy atom. The van der Waals surface area contributed by atoms with Crippen LogP contribution >= 0.6 is 24.0 Å². The maximum Gasteiger partial charge on any atom is 0.132 e. The zero-order valence-corrected chi connectivity index (χ0v) is 10.8. The molecule has 0 amide bonds. The van der Waals surface area contributed by atoms with Gasteiger partial charge in [0.1, 0.15) is 5.82 Å². The molecule has 1 heterocycles. The first-order valence-electron chi connectivity index (χ1n) is 5.38. The molecule has 0 aromatic heterocycles. The van der Waals surface area contributed by atoms with Gasteiger partial charge in [-0.15, -0.1) is 12.4 Å². The van der Waals surface area contributed by atoms with Crippen molar-refractivity contribution < 1.29 is 4.39 Å². The van der Waals surface area contributed by atoms with Crippen molar-refractivity contribution in [1.29, 1.82) is 0 Å². The van der Waals surface area contributed by atoms with Crippen molar-refractivity contribution in [3.05, 3.63) is 34.1 Å². The van der Waals surface area contributed by atoms with Crippen LogP contribution < -0.4 is 5.32 Å². The van der Waals surface area contributed by atoms with Crippen molar-refractivity contribution in [2.45, 2.75) is 32.2 Å². The Bertz CT molecular complexity index is 362. The molecule has 1 aromatic carbocycles. The number of benzene rings is 1. The van der Waals surface area contributed by atoms with Gasteiger partial charge in [0.2, 0.25) is 0 Å². The van der Waals surface area contributed by atoms with E-state index in [0.717, 1.165) is 19.4 Å². The van der Waals surface area contributed by atoms with Crippen molar-refractivity contribution in [2.75, 3.05) is 6.54 Å².